The number of hydrogen-bond donors (Lipinski definition) is 9. The van der Waals surface area contributed by atoms with E-state index in [-0.39, 0.29) is 49.8 Å². The molecule has 2 aromatic carbocycles. The van der Waals surface area contributed by atoms with Crippen molar-refractivity contribution in [3.63, 3.8) is 0 Å². The lowest BCUT2D eigenvalue weighted by Crippen LogP contribution is -2.58. The zero-order chi connectivity index (χ0) is 39.8. The summed E-state index contributed by atoms with van der Waals surface area (Å²) < 4.78 is 0. The summed E-state index contributed by atoms with van der Waals surface area (Å²) in [5.41, 5.74) is 23.8. The lowest BCUT2D eigenvalue weighted by Gasteiger charge is -2.29. The maximum atomic E-state index is 14.1. The number of thioether (sulfide) groups is 1. The SMILES string of the molecule is CC(=O)N[C@@H](Cc1ccc(N)cc1)C(=O)N[C@H](C(=O)N[C@@H](CCCN=C(N)N)C(=O)N[C@@H](CSCC(=O)O)C(=O)N1CCC[C@H]1C(N)=O)c1ccccc1. The number of anilines is 1. The minimum atomic E-state index is -1.35. The molecule has 0 aliphatic carbocycles. The Morgan fingerprint density at radius 3 is 2.13 bits per heavy atom. The van der Waals surface area contributed by atoms with Gasteiger partial charge in [0.2, 0.25) is 35.4 Å². The largest absolute Gasteiger partial charge is 0.481 e. The molecule has 1 aliphatic rings. The van der Waals surface area contributed by atoms with E-state index in [0.717, 1.165) is 11.8 Å². The number of nitrogens with zero attached hydrogens (tertiary/aromatic N) is 2. The van der Waals surface area contributed by atoms with Gasteiger partial charge in [-0.2, -0.15) is 0 Å². The zero-order valence-electron chi connectivity index (χ0n) is 29.9. The van der Waals surface area contributed by atoms with Crippen LogP contribution in [0.5, 0.6) is 0 Å². The van der Waals surface area contributed by atoms with E-state index in [9.17, 15) is 38.7 Å². The van der Waals surface area contributed by atoms with Crippen molar-refractivity contribution in [3.8, 4) is 0 Å². The van der Waals surface area contributed by atoms with Gasteiger partial charge in [-0.25, -0.2) is 0 Å². The number of rotatable bonds is 20. The molecule has 3 rings (SSSR count). The zero-order valence-corrected chi connectivity index (χ0v) is 30.7. The average molecular weight is 769 g/mol. The number of carboxylic acid groups (broad SMARTS) is 1. The highest BCUT2D eigenvalue weighted by atomic mass is 32.2. The Morgan fingerprint density at radius 1 is 0.870 bits per heavy atom. The lowest BCUT2D eigenvalue weighted by molar-refractivity contribution is -0.140. The van der Waals surface area contributed by atoms with Crippen LogP contribution < -0.4 is 44.2 Å². The predicted octanol–water partition coefficient (Wildman–Crippen LogP) is -1.51. The van der Waals surface area contributed by atoms with Crippen LogP contribution >= 0.6 is 11.8 Å². The highest BCUT2D eigenvalue weighted by Gasteiger charge is 2.38. The number of primary amides is 1. The number of nitrogens with two attached hydrogens (primary N) is 4. The molecular formula is C35H48N10O8S. The van der Waals surface area contributed by atoms with Gasteiger partial charge >= 0.3 is 5.97 Å². The summed E-state index contributed by atoms with van der Waals surface area (Å²) in [5, 5.41) is 19.8. The standard InChI is InChI=1S/C35H48N10O8S/c1-20(46)41-25(17-21-11-13-23(36)14-12-21)32(51)44-29(22-7-3-2-4-8-22)33(52)42-24(9-5-15-40-35(38)39)31(50)43-26(18-54-19-28(47)48)34(53)45-16-6-10-27(45)30(37)49/h2-4,7-8,11-14,24-27,29H,5-6,9-10,15-19,36H2,1H3,(H2,37,49)(H,41,46)(H,42,52)(H,43,50)(H,44,51)(H,47,48)(H4,38,39,40)/t24-,25-,26-,27-,29-/m0/s1. The van der Waals surface area contributed by atoms with Crippen LogP contribution in [0.3, 0.4) is 0 Å². The van der Waals surface area contributed by atoms with Gasteiger partial charge in [-0.05, 0) is 48.9 Å². The van der Waals surface area contributed by atoms with Gasteiger partial charge in [0.1, 0.15) is 30.2 Å². The molecule has 0 saturated carbocycles. The summed E-state index contributed by atoms with van der Waals surface area (Å²) in [7, 11) is 0. The fraction of sp³-hybridized carbons (Fsp3) is 0.429. The Morgan fingerprint density at radius 2 is 1.52 bits per heavy atom. The number of nitrogens with one attached hydrogen (secondary N) is 4. The van der Waals surface area contributed by atoms with Crippen LogP contribution in [0.1, 0.15) is 49.8 Å². The van der Waals surface area contributed by atoms with E-state index in [0.29, 0.717) is 29.7 Å². The summed E-state index contributed by atoms with van der Waals surface area (Å²) in [6.45, 7) is 1.55. The van der Waals surface area contributed by atoms with Crippen molar-refractivity contribution in [2.45, 2.75) is 69.2 Å². The molecule has 292 valence electrons. The van der Waals surface area contributed by atoms with Gasteiger partial charge < -0.3 is 54.2 Å². The number of guanidine groups is 1. The van der Waals surface area contributed by atoms with E-state index in [4.69, 9.17) is 22.9 Å². The maximum Gasteiger partial charge on any atom is 0.313 e. The van der Waals surface area contributed by atoms with E-state index >= 15 is 0 Å². The number of aliphatic carboxylic acids is 1. The molecule has 1 fully saturated rings. The van der Waals surface area contributed by atoms with Crippen molar-refractivity contribution in [1.29, 1.82) is 0 Å². The van der Waals surface area contributed by atoms with Gasteiger partial charge in [-0.3, -0.25) is 38.6 Å². The first-order valence-electron chi connectivity index (χ1n) is 17.2. The molecular weight excluding hydrogens is 721 g/mol. The summed E-state index contributed by atoms with van der Waals surface area (Å²) in [4.78, 5) is 96.1. The Bertz CT molecular complexity index is 1670. The second-order valence-electron chi connectivity index (χ2n) is 12.6. The normalized spacial score (nSPS) is 15.8. The molecule has 0 spiro atoms. The molecule has 0 radical (unpaired) electrons. The first-order chi connectivity index (χ1) is 25.7. The van der Waals surface area contributed by atoms with Crippen molar-refractivity contribution in [3.05, 3.63) is 65.7 Å². The Kier molecular flexibility index (Phi) is 16.6. The number of amides is 6. The van der Waals surface area contributed by atoms with Crippen molar-refractivity contribution >= 4 is 64.8 Å². The highest BCUT2D eigenvalue weighted by Crippen LogP contribution is 2.20. The summed E-state index contributed by atoms with van der Waals surface area (Å²) in [5.74, 6) is -5.94. The third-order valence-electron chi connectivity index (χ3n) is 8.36. The fourth-order valence-corrected chi connectivity index (χ4v) is 6.55. The van der Waals surface area contributed by atoms with Crippen molar-refractivity contribution < 1.29 is 38.7 Å². The number of nitrogen functional groups attached to an aromatic ring is 1. The minimum Gasteiger partial charge on any atom is -0.481 e. The first kappa shape index (κ1) is 42.6. The number of benzene rings is 2. The van der Waals surface area contributed by atoms with Crippen molar-refractivity contribution in [2.24, 2.45) is 22.2 Å². The third-order valence-corrected chi connectivity index (χ3v) is 9.38. The molecule has 18 nitrogen and oxygen atoms in total. The summed E-state index contributed by atoms with van der Waals surface area (Å²) in [6, 6.07) is 9.03. The molecule has 0 unspecified atom stereocenters. The van der Waals surface area contributed by atoms with E-state index in [1.807, 2.05) is 0 Å². The Labute approximate surface area is 316 Å². The van der Waals surface area contributed by atoms with E-state index in [1.54, 1.807) is 54.6 Å². The Balaban J connectivity index is 1.90. The van der Waals surface area contributed by atoms with Gasteiger partial charge in [-0.1, -0.05) is 42.5 Å². The van der Waals surface area contributed by atoms with Gasteiger partial charge in [0.05, 0.1) is 5.75 Å². The van der Waals surface area contributed by atoms with Crippen LogP contribution in [0, 0.1) is 0 Å². The van der Waals surface area contributed by atoms with Gasteiger partial charge in [-0.15, -0.1) is 11.8 Å². The van der Waals surface area contributed by atoms with Crippen LogP contribution in [-0.2, 0) is 40.0 Å². The molecule has 1 heterocycles. The molecule has 1 saturated heterocycles. The van der Waals surface area contributed by atoms with Gasteiger partial charge in [0.15, 0.2) is 5.96 Å². The van der Waals surface area contributed by atoms with Crippen molar-refractivity contribution in [1.82, 2.24) is 26.2 Å². The molecule has 1 aliphatic heterocycles. The lowest BCUT2D eigenvalue weighted by atomic mass is 10.0. The number of hydrogen-bond acceptors (Lipinski definition) is 10. The average Bonchev–Trinajstić information content (AvgIpc) is 3.62. The van der Waals surface area contributed by atoms with Crippen LogP contribution in [0.4, 0.5) is 5.69 Å². The fourth-order valence-electron chi connectivity index (χ4n) is 5.80. The quantitative estimate of drug-likeness (QED) is 0.0322. The Hall–Kier alpha value is -5.85. The van der Waals surface area contributed by atoms with Crippen LogP contribution in [-0.4, -0.2) is 106 Å². The molecule has 0 bridgehead atoms. The number of likely N-dealkylation sites (tertiary alicyclic amines) is 1. The molecule has 6 amide bonds. The molecule has 5 atom stereocenters. The summed E-state index contributed by atoms with van der Waals surface area (Å²) in [6.07, 6.45) is 1.09. The number of carboxylic acids is 1. The first-order valence-corrected chi connectivity index (χ1v) is 18.3. The number of aliphatic imine (C=N–C) groups is 1. The van der Waals surface area contributed by atoms with E-state index in [1.165, 1.54) is 11.8 Å². The van der Waals surface area contributed by atoms with Crippen LogP contribution in [0.15, 0.2) is 59.6 Å². The van der Waals surface area contributed by atoms with E-state index < -0.39 is 71.6 Å². The van der Waals surface area contributed by atoms with Crippen LogP contribution in [0.2, 0.25) is 0 Å². The number of carbonyl (C=O) groups is 7. The monoisotopic (exact) mass is 768 g/mol. The van der Waals surface area contributed by atoms with Crippen molar-refractivity contribution in [2.75, 3.05) is 30.3 Å². The van der Waals surface area contributed by atoms with E-state index in [2.05, 4.69) is 26.3 Å². The smallest absolute Gasteiger partial charge is 0.313 e. The molecule has 54 heavy (non-hydrogen) atoms. The molecule has 13 N–H and O–H groups in total. The highest BCUT2D eigenvalue weighted by molar-refractivity contribution is 8.00. The topological polar surface area (TPSA) is 308 Å². The molecule has 2 aromatic rings. The second kappa shape index (κ2) is 21.0. The predicted molar refractivity (Wildman–Crippen MR) is 202 cm³/mol. The van der Waals surface area contributed by atoms with Gasteiger partial charge in [0.25, 0.3) is 0 Å². The van der Waals surface area contributed by atoms with Gasteiger partial charge in [0, 0.05) is 37.9 Å². The van der Waals surface area contributed by atoms with Crippen LogP contribution in [0.25, 0.3) is 0 Å². The number of carbonyl (C=O) groups excluding carboxylic acids is 6. The summed E-state index contributed by atoms with van der Waals surface area (Å²) >= 11 is 0.881. The maximum absolute atomic E-state index is 14.1. The second-order valence-corrected chi connectivity index (χ2v) is 13.7. The molecule has 19 heteroatoms. The minimum absolute atomic E-state index is 0.0216. The molecule has 0 aromatic heterocycles. The third kappa shape index (κ3) is 13.6.